The first kappa shape index (κ1) is 16.0. The molecule has 1 aliphatic rings. The third-order valence-electron chi connectivity index (χ3n) is 3.82. The molecule has 1 aromatic rings. The van der Waals surface area contributed by atoms with E-state index in [1.165, 1.54) is 0 Å². The summed E-state index contributed by atoms with van der Waals surface area (Å²) in [6, 6.07) is 8.80. The topological polar surface area (TPSA) is 99.4 Å². The van der Waals surface area contributed by atoms with Gasteiger partial charge in [-0.2, -0.15) is 5.26 Å². The van der Waals surface area contributed by atoms with Gasteiger partial charge in [-0.3, -0.25) is 9.59 Å². The fourth-order valence-electron chi connectivity index (χ4n) is 2.58. The minimum atomic E-state index is -0.938. The largest absolute Gasteiger partial charge is 0.481 e. The Morgan fingerprint density at radius 3 is 2.45 bits per heavy atom. The van der Waals surface area contributed by atoms with Gasteiger partial charge in [0.05, 0.1) is 24.4 Å². The number of nitrogens with one attached hydrogen (secondary N) is 1. The molecule has 0 aromatic heterocycles. The van der Waals surface area contributed by atoms with Crippen molar-refractivity contribution in [3.63, 3.8) is 0 Å². The quantitative estimate of drug-likeness (QED) is 0.858. The Bertz CT molecular complexity index is 583. The number of hydrogen-bond donors (Lipinski definition) is 2. The van der Waals surface area contributed by atoms with E-state index < -0.39 is 11.5 Å². The Kier molecular flexibility index (Phi) is 5.12. The van der Waals surface area contributed by atoms with E-state index in [0.717, 1.165) is 5.56 Å². The predicted octanol–water partition coefficient (Wildman–Crippen LogP) is 1.51. The number of nitriles is 1. The molecule has 0 unspecified atom stereocenters. The molecule has 2 rings (SSSR count). The summed E-state index contributed by atoms with van der Waals surface area (Å²) in [5, 5.41) is 20.6. The van der Waals surface area contributed by atoms with Crippen molar-refractivity contribution in [1.82, 2.24) is 5.32 Å². The maximum Gasteiger partial charge on any atom is 0.305 e. The summed E-state index contributed by atoms with van der Waals surface area (Å²) in [5.74, 6) is -1.24. The molecular weight excluding hydrogens is 284 g/mol. The lowest BCUT2D eigenvalue weighted by Gasteiger charge is -2.36. The van der Waals surface area contributed by atoms with Crippen LogP contribution in [-0.4, -0.2) is 35.7 Å². The van der Waals surface area contributed by atoms with Gasteiger partial charge in [0.2, 0.25) is 0 Å². The number of hydrogen-bond acceptors (Lipinski definition) is 4. The van der Waals surface area contributed by atoms with Crippen LogP contribution in [0.15, 0.2) is 24.3 Å². The van der Waals surface area contributed by atoms with Gasteiger partial charge < -0.3 is 15.2 Å². The number of carboxylic acid groups (broad SMARTS) is 1. The van der Waals surface area contributed by atoms with Crippen LogP contribution in [0, 0.1) is 11.3 Å². The van der Waals surface area contributed by atoms with Gasteiger partial charge in [0.15, 0.2) is 0 Å². The van der Waals surface area contributed by atoms with E-state index >= 15 is 0 Å². The summed E-state index contributed by atoms with van der Waals surface area (Å²) >= 11 is 0. The molecule has 0 aliphatic carbocycles. The third-order valence-corrected chi connectivity index (χ3v) is 3.82. The zero-order chi connectivity index (χ0) is 16.0. The van der Waals surface area contributed by atoms with Gasteiger partial charge in [-0.05, 0) is 30.5 Å². The van der Waals surface area contributed by atoms with E-state index in [0.29, 0.717) is 38.0 Å². The molecule has 0 bridgehead atoms. The Morgan fingerprint density at radius 2 is 1.91 bits per heavy atom. The van der Waals surface area contributed by atoms with Crippen molar-refractivity contribution in [2.75, 3.05) is 13.2 Å². The fraction of sp³-hybridized carbons (Fsp3) is 0.438. The van der Waals surface area contributed by atoms with Gasteiger partial charge in [0, 0.05) is 18.8 Å². The van der Waals surface area contributed by atoms with Gasteiger partial charge in [0.1, 0.15) is 0 Å². The molecule has 0 spiro atoms. The zero-order valence-electron chi connectivity index (χ0n) is 12.2. The van der Waals surface area contributed by atoms with Crippen molar-refractivity contribution in [1.29, 1.82) is 5.26 Å². The van der Waals surface area contributed by atoms with Crippen molar-refractivity contribution < 1.29 is 19.4 Å². The van der Waals surface area contributed by atoms with Crippen LogP contribution in [0.3, 0.4) is 0 Å². The molecule has 116 valence electrons. The Balaban J connectivity index is 2.10. The molecule has 6 nitrogen and oxygen atoms in total. The number of amides is 1. The molecule has 2 N–H and O–H groups in total. The standard InChI is InChI=1S/C16H18N2O4/c17-8-5-12-1-3-13(4-2-12)15(21)18-16(11-14(19)20)6-9-22-10-7-16/h1-4H,5-7,9-11H2,(H,18,21)(H,19,20). The first-order chi connectivity index (χ1) is 10.5. The van der Waals surface area contributed by atoms with Gasteiger partial charge in [0.25, 0.3) is 5.91 Å². The Labute approximate surface area is 128 Å². The zero-order valence-corrected chi connectivity index (χ0v) is 12.2. The van der Waals surface area contributed by atoms with Crippen LogP contribution < -0.4 is 5.32 Å². The number of carbonyl (C=O) groups excluding carboxylic acids is 1. The second-order valence-corrected chi connectivity index (χ2v) is 5.45. The number of benzene rings is 1. The maximum atomic E-state index is 12.4. The normalized spacial score (nSPS) is 16.5. The first-order valence-electron chi connectivity index (χ1n) is 7.13. The summed E-state index contributed by atoms with van der Waals surface area (Å²) in [6.45, 7) is 0.878. The summed E-state index contributed by atoms with van der Waals surface area (Å²) in [4.78, 5) is 23.4. The molecular formula is C16H18N2O4. The van der Waals surface area contributed by atoms with Crippen LogP contribution in [-0.2, 0) is 16.0 Å². The Hall–Kier alpha value is -2.39. The average Bonchev–Trinajstić information content (AvgIpc) is 2.48. The lowest BCUT2D eigenvalue weighted by atomic mass is 9.86. The molecule has 1 aromatic carbocycles. The van der Waals surface area contributed by atoms with Crippen molar-refractivity contribution in [3.05, 3.63) is 35.4 Å². The number of nitrogens with zero attached hydrogens (tertiary/aromatic N) is 1. The molecule has 22 heavy (non-hydrogen) atoms. The smallest absolute Gasteiger partial charge is 0.305 e. The van der Waals surface area contributed by atoms with Crippen molar-refractivity contribution >= 4 is 11.9 Å². The second-order valence-electron chi connectivity index (χ2n) is 5.45. The van der Waals surface area contributed by atoms with E-state index in [9.17, 15) is 9.59 Å². The summed E-state index contributed by atoms with van der Waals surface area (Å²) < 4.78 is 5.26. The van der Waals surface area contributed by atoms with E-state index in [4.69, 9.17) is 15.1 Å². The van der Waals surface area contributed by atoms with Crippen LogP contribution in [0.2, 0.25) is 0 Å². The van der Waals surface area contributed by atoms with Crippen molar-refractivity contribution in [2.24, 2.45) is 0 Å². The van der Waals surface area contributed by atoms with Crippen LogP contribution in [0.1, 0.15) is 35.2 Å². The van der Waals surface area contributed by atoms with Crippen LogP contribution in [0.4, 0.5) is 0 Å². The van der Waals surface area contributed by atoms with Gasteiger partial charge in [-0.1, -0.05) is 12.1 Å². The van der Waals surface area contributed by atoms with Gasteiger partial charge in [-0.15, -0.1) is 0 Å². The maximum absolute atomic E-state index is 12.4. The minimum absolute atomic E-state index is 0.116. The predicted molar refractivity (Wildman–Crippen MR) is 78.3 cm³/mol. The van der Waals surface area contributed by atoms with Crippen LogP contribution in [0.5, 0.6) is 0 Å². The van der Waals surface area contributed by atoms with E-state index in [-0.39, 0.29) is 12.3 Å². The SMILES string of the molecule is N#CCc1ccc(C(=O)NC2(CC(=O)O)CCOCC2)cc1. The number of aliphatic carboxylic acids is 1. The van der Waals surface area contributed by atoms with Crippen LogP contribution in [0.25, 0.3) is 0 Å². The van der Waals surface area contributed by atoms with Gasteiger partial charge >= 0.3 is 5.97 Å². The lowest BCUT2D eigenvalue weighted by molar-refractivity contribution is -0.139. The monoisotopic (exact) mass is 302 g/mol. The molecule has 1 amide bonds. The highest BCUT2D eigenvalue weighted by molar-refractivity contribution is 5.95. The average molecular weight is 302 g/mol. The van der Waals surface area contributed by atoms with E-state index in [2.05, 4.69) is 5.32 Å². The molecule has 1 fully saturated rings. The Morgan fingerprint density at radius 1 is 1.27 bits per heavy atom. The fourth-order valence-corrected chi connectivity index (χ4v) is 2.58. The molecule has 1 aliphatic heterocycles. The van der Waals surface area contributed by atoms with Crippen molar-refractivity contribution in [3.8, 4) is 6.07 Å². The summed E-state index contributed by atoms with van der Waals surface area (Å²) in [5.41, 5.74) is 0.537. The number of carboxylic acids is 1. The lowest BCUT2D eigenvalue weighted by Crippen LogP contribution is -2.53. The molecule has 6 heteroatoms. The summed E-state index contributed by atoms with van der Waals surface area (Å²) in [7, 11) is 0. The van der Waals surface area contributed by atoms with Crippen LogP contribution >= 0.6 is 0 Å². The third kappa shape index (κ3) is 4.06. The number of carbonyl (C=O) groups is 2. The molecule has 0 radical (unpaired) electrons. The first-order valence-corrected chi connectivity index (χ1v) is 7.13. The molecule has 0 saturated carbocycles. The minimum Gasteiger partial charge on any atom is -0.481 e. The van der Waals surface area contributed by atoms with E-state index in [1.54, 1.807) is 24.3 Å². The highest BCUT2D eigenvalue weighted by atomic mass is 16.5. The molecule has 1 heterocycles. The summed E-state index contributed by atoms with van der Waals surface area (Å²) in [6.07, 6.45) is 1.14. The van der Waals surface area contributed by atoms with E-state index in [1.807, 2.05) is 6.07 Å². The molecule has 1 saturated heterocycles. The molecule has 0 atom stereocenters. The highest BCUT2D eigenvalue weighted by Gasteiger charge is 2.36. The highest BCUT2D eigenvalue weighted by Crippen LogP contribution is 2.25. The van der Waals surface area contributed by atoms with Gasteiger partial charge in [-0.25, -0.2) is 0 Å². The van der Waals surface area contributed by atoms with Crippen molar-refractivity contribution in [2.45, 2.75) is 31.2 Å². The number of rotatable bonds is 5. The number of ether oxygens (including phenoxy) is 1. The second kappa shape index (κ2) is 7.05.